The van der Waals surface area contributed by atoms with Crippen molar-refractivity contribution in [1.29, 1.82) is 0 Å². The van der Waals surface area contributed by atoms with Gasteiger partial charge in [-0.05, 0) is 37.1 Å². The van der Waals surface area contributed by atoms with Crippen molar-refractivity contribution in [1.82, 2.24) is 10.2 Å². The fraction of sp³-hybridized carbons (Fsp3) is 0.348. The average molecular weight is 472 g/mol. The van der Waals surface area contributed by atoms with Gasteiger partial charge in [0.05, 0.1) is 5.92 Å². The van der Waals surface area contributed by atoms with Gasteiger partial charge in [0.15, 0.2) is 0 Å². The molecule has 1 atom stereocenters. The Kier molecular flexibility index (Phi) is 7.26. The van der Waals surface area contributed by atoms with Crippen molar-refractivity contribution in [3.05, 3.63) is 63.6 Å². The molecule has 1 heterocycles. The minimum absolute atomic E-state index is 0.0152. The van der Waals surface area contributed by atoms with E-state index in [1.165, 1.54) is 5.56 Å². The number of nitrogens with zero attached hydrogens (tertiary/aromatic N) is 1. The Balaban J connectivity index is 1.43. The summed E-state index contributed by atoms with van der Waals surface area (Å²) in [7, 11) is 0. The Bertz CT molecular complexity index is 943. The summed E-state index contributed by atoms with van der Waals surface area (Å²) in [5.41, 5.74) is 3.93. The maximum Gasteiger partial charge on any atom is 0.226 e. The number of rotatable bonds is 7. The number of carbonyl (C=O) groups excluding carboxylic acids is 3. The van der Waals surface area contributed by atoms with Crippen LogP contribution in [0.3, 0.4) is 0 Å². The normalized spacial score (nSPS) is 15.9. The largest absolute Gasteiger partial charge is 0.355 e. The van der Waals surface area contributed by atoms with Gasteiger partial charge in [-0.2, -0.15) is 0 Å². The van der Waals surface area contributed by atoms with E-state index in [1.807, 2.05) is 56.3 Å². The van der Waals surface area contributed by atoms with Gasteiger partial charge in [0, 0.05) is 42.6 Å². The molecule has 3 rings (SSSR count). The molecule has 1 unspecified atom stereocenters. The lowest BCUT2D eigenvalue weighted by Crippen LogP contribution is -2.34. The van der Waals surface area contributed by atoms with Crippen molar-refractivity contribution in [2.45, 2.75) is 33.2 Å². The molecule has 3 amide bonds. The van der Waals surface area contributed by atoms with Crippen LogP contribution >= 0.6 is 15.9 Å². The first-order chi connectivity index (χ1) is 14.3. The highest BCUT2D eigenvalue weighted by molar-refractivity contribution is 9.10. The number of anilines is 1. The fourth-order valence-electron chi connectivity index (χ4n) is 3.40. The maximum absolute atomic E-state index is 12.4. The van der Waals surface area contributed by atoms with Gasteiger partial charge in [-0.25, -0.2) is 0 Å². The van der Waals surface area contributed by atoms with Gasteiger partial charge in [-0.1, -0.05) is 51.8 Å². The minimum Gasteiger partial charge on any atom is -0.355 e. The molecule has 0 aliphatic carbocycles. The van der Waals surface area contributed by atoms with Crippen molar-refractivity contribution in [3.63, 3.8) is 0 Å². The second kappa shape index (κ2) is 9.89. The monoisotopic (exact) mass is 471 g/mol. The van der Waals surface area contributed by atoms with E-state index in [-0.39, 0.29) is 43.0 Å². The van der Waals surface area contributed by atoms with Gasteiger partial charge < -0.3 is 15.5 Å². The Morgan fingerprint density at radius 3 is 2.60 bits per heavy atom. The van der Waals surface area contributed by atoms with E-state index in [4.69, 9.17) is 0 Å². The summed E-state index contributed by atoms with van der Waals surface area (Å²) >= 11 is 3.39. The van der Waals surface area contributed by atoms with E-state index in [2.05, 4.69) is 26.6 Å². The molecule has 2 aromatic carbocycles. The molecule has 2 aromatic rings. The van der Waals surface area contributed by atoms with Crippen LogP contribution in [0.1, 0.15) is 29.5 Å². The van der Waals surface area contributed by atoms with E-state index in [9.17, 15) is 14.4 Å². The van der Waals surface area contributed by atoms with Crippen LogP contribution < -0.4 is 10.6 Å². The predicted molar refractivity (Wildman–Crippen MR) is 120 cm³/mol. The quantitative estimate of drug-likeness (QED) is 0.647. The number of likely N-dealkylation sites (tertiary alicyclic amines) is 1. The van der Waals surface area contributed by atoms with Gasteiger partial charge in [-0.3, -0.25) is 14.4 Å². The summed E-state index contributed by atoms with van der Waals surface area (Å²) in [6, 6.07) is 13.7. The number of nitrogens with one attached hydrogen (secondary N) is 2. The molecule has 2 N–H and O–H groups in total. The van der Waals surface area contributed by atoms with Crippen molar-refractivity contribution >= 4 is 39.3 Å². The van der Waals surface area contributed by atoms with E-state index in [0.717, 1.165) is 21.3 Å². The van der Waals surface area contributed by atoms with Crippen LogP contribution in [-0.4, -0.2) is 35.7 Å². The van der Waals surface area contributed by atoms with Gasteiger partial charge >= 0.3 is 0 Å². The van der Waals surface area contributed by atoms with Crippen LogP contribution in [0.5, 0.6) is 0 Å². The van der Waals surface area contributed by atoms with Crippen molar-refractivity contribution < 1.29 is 14.4 Å². The minimum atomic E-state index is -0.377. The lowest BCUT2D eigenvalue weighted by molar-refractivity contribution is -0.129. The molecule has 30 heavy (non-hydrogen) atoms. The van der Waals surface area contributed by atoms with Gasteiger partial charge in [-0.15, -0.1) is 0 Å². The third-order valence-electron chi connectivity index (χ3n) is 5.20. The van der Waals surface area contributed by atoms with Gasteiger partial charge in [0.2, 0.25) is 17.7 Å². The molecule has 1 aliphatic heterocycles. The van der Waals surface area contributed by atoms with Crippen molar-refractivity contribution in [3.8, 4) is 0 Å². The zero-order valence-electron chi connectivity index (χ0n) is 17.2. The average Bonchev–Trinajstić information content (AvgIpc) is 3.07. The van der Waals surface area contributed by atoms with Crippen molar-refractivity contribution in [2.24, 2.45) is 5.92 Å². The van der Waals surface area contributed by atoms with Crippen molar-refractivity contribution in [2.75, 3.05) is 18.4 Å². The first-order valence-electron chi connectivity index (χ1n) is 9.99. The SMILES string of the molecule is Cc1ccc(CN2CC(C(=O)NCCC(=O)Nc3cc(Br)ccc3C)CC2=O)cc1. The molecule has 0 radical (unpaired) electrons. The highest BCUT2D eigenvalue weighted by Crippen LogP contribution is 2.22. The summed E-state index contributed by atoms with van der Waals surface area (Å²) in [6.07, 6.45) is 0.382. The highest BCUT2D eigenvalue weighted by Gasteiger charge is 2.34. The number of halogens is 1. The summed E-state index contributed by atoms with van der Waals surface area (Å²) in [5, 5.41) is 5.65. The Hall–Kier alpha value is -2.67. The first kappa shape index (κ1) is 22.0. The second-order valence-corrected chi connectivity index (χ2v) is 8.63. The molecule has 6 nitrogen and oxygen atoms in total. The number of carbonyl (C=O) groups is 3. The van der Waals surface area contributed by atoms with Crippen LogP contribution in [0.15, 0.2) is 46.9 Å². The molecule has 0 bridgehead atoms. The zero-order chi connectivity index (χ0) is 21.7. The summed E-state index contributed by atoms with van der Waals surface area (Å²) in [6.45, 7) is 5.09. The van der Waals surface area contributed by atoms with Gasteiger partial charge in [0.25, 0.3) is 0 Å². The van der Waals surface area contributed by atoms with Crippen LogP contribution in [0, 0.1) is 19.8 Å². The molecular formula is C23H26BrN3O3. The molecule has 0 saturated carbocycles. The third-order valence-corrected chi connectivity index (χ3v) is 5.70. The summed E-state index contributed by atoms with van der Waals surface area (Å²) in [4.78, 5) is 38.6. The van der Waals surface area contributed by atoms with Gasteiger partial charge in [0.1, 0.15) is 0 Å². The Morgan fingerprint density at radius 2 is 1.87 bits per heavy atom. The van der Waals surface area contributed by atoms with E-state index in [1.54, 1.807) is 4.90 Å². The van der Waals surface area contributed by atoms with E-state index in [0.29, 0.717) is 13.1 Å². The lowest BCUT2D eigenvalue weighted by Gasteiger charge is -2.17. The molecule has 7 heteroatoms. The van der Waals surface area contributed by atoms with Crippen LogP contribution in [0.2, 0.25) is 0 Å². The number of hydrogen-bond donors (Lipinski definition) is 2. The van der Waals surface area contributed by atoms with Crippen LogP contribution in [-0.2, 0) is 20.9 Å². The smallest absolute Gasteiger partial charge is 0.226 e. The zero-order valence-corrected chi connectivity index (χ0v) is 18.8. The highest BCUT2D eigenvalue weighted by atomic mass is 79.9. The predicted octanol–water partition coefficient (Wildman–Crippen LogP) is 3.56. The molecular weight excluding hydrogens is 446 g/mol. The second-order valence-electron chi connectivity index (χ2n) is 7.71. The number of hydrogen-bond acceptors (Lipinski definition) is 3. The molecule has 0 aromatic heterocycles. The fourth-order valence-corrected chi connectivity index (χ4v) is 3.76. The van der Waals surface area contributed by atoms with E-state index >= 15 is 0 Å². The Labute approximate surface area is 185 Å². The molecule has 1 fully saturated rings. The molecule has 1 aliphatic rings. The molecule has 1 saturated heterocycles. The van der Waals surface area contributed by atoms with Crippen LogP contribution in [0.25, 0.3) is 0 Å². The van der Waals surface area contributed by atoms with E-state index < -0.39 is 0 Å². The summed E-state index contributed by atoms with van der Waals surface area (Å²) < 4.78 is 0.887. The number of benzene rings is 2. The lowest BCUT2D eigenvalue weighted by atomic mass is 10.1. The number of aryl methyl sites for hydroxylation is 2. The maximum atomic E-state index is 12.4. The van der Waals surface area contributed by atoms with Crippen LogP contribution in [0.4, 0.5) is 5.69 Å². The topological polar surface area (TPSA) is 78.5 Å². The standard InChI is InChI=1S/C23H26BrN3O3/c1-15-3-6-17(7-4-15)13-27-14-18(11-22(27)29)23(30)25-10-9-21(28)26-20-12-19(24)8-5-16(20)2/h3-8,12,18H,9-11,13-14H2,1-2H3,(H,25,30)(H,26,28). The number of amides is 3. The Morgan fingerprint density at radius 1 is 1.13 bits per heavy atom. The summed E-state index contributed by atoms with van der Waals surface area (Å²) in [5.74, 6) is -0.738. The molecule has 0 spiro atoms. The third kappa shape index (κ3) is 5.92. The molecule has 158 valence electrons. The first-order valence-corrected chi connectivity index (χ1v) is 10.8.